The molecule has 0 aliphatic rings. The van der Waals surface area contributed by atoms with Gasteiger partial charge in [0.2, 0.25) is 0 Å². The van der Waals surface area contributed by atoms with Gasteiger partial charge in [-0.2, -0.15) is 0 Å². The second-order valence-corrected chi connectivity index (χ2v) is 10.6. The second-order valence-electron chi connectivity index (χ2n) is 9.20. The molecule has 0 fully saturated rings. The number of hydrogen-bond donors (Lipinski definition) is 1. The number of nitrogens with one attached hydrogen (secondary N) is 1. The molecule has 0 saturated carbocycles. The average Bonchev–Trinajstić information content (AvgIpc) is 3.38. The van der Waals surface area contributed by atoms with E-state index in [2.05, 4.69) is 55.0 Å². The van der Waals surface area contributed by atoms with Crippen molar-refractivity contribution in [1.29, 1.82) is 0 Å². The Bertz CT molecular complexity index is 1230. The molecular formula is C26H28ClN3OS. The van der Waals surface area contributed by atoms with Gasteiger partial charge in [0.25, 0.3) is 5.91 Å². The third kappa shape index (κ3) is 5.05. The summed E-state index contributed by atoms with van der Waals surface area (Å²) in [6.07, 6.45) is 2.56. The molecular weight excluding hydrogens is 438 g/mol. The molecule has 2 aromatic heterocycles. The Labute approximate surface area is 198 Å². The third-order valence-electron chi connectivity index (χ3n) is 5.60. The van der Waals surface area contributed by atoms with Crippen molar-refractivity contribution >= 4 is 39.7 Å². The van der Waals surface area contributed by atoms with Crippen molar-refractivity contribution in [3.63, 3.8) is 0 Å². The average molecular weight is 466 g/mol. The van der Waals surface area contributed by atoms with Gasteiger partial charge in [0.1, 0.15) is 0 Å². The van der Waals surface area contributed by atoms with E-state index >= 15 is 0 Å². The van der Waals surface area contributed by atoms with Crippen molar-refractivity contribution in [3.05, 3.63) is 86.5 Å². The van der Waals surface area contributed by atoms with E-state index in [-0.39, 0.29) is 11.3 Å². The maximum absolute atomic E-state index is 13.7. The predicted molar refractivity (Wildman–Crippen MR) is 134 cm³/mol. The number of aromatic amines is 1. The zero-order chi connectivity index (χ0) is 22.9. The SMILES string of the molecule is Cc1csc(CCN(Cc2ccc(C(C)(C)C)cc2)C(=O)c2cc(Cl)cc3cc[nH]c23)n1. The molecule has 0 aliphatic carbocycles. The first-order valence-corrected chi connectivity index (χ1v) is 12.0. The Morgan fingerprint density at radius 3 is 2.56 bits per heavy atom. The smallest absolute Gasteiger partial charge is 0.256 e. The lowest BCUT2D eigenvalue weighted by Gasteiger charge is -2.24. The van der Waals surface area contributed by atoms with Crippen LogP contribution in [0.1, 0.15) is 53.0 Å². The van der Waals surface area contributed by atoms with Crippen LogP contribution < -0.4 is 0 Å². The number of carbonyl (C=O) groups is 1. The van der Waals surface area contributed by atoms with Gasteiger partial charge in [-0.3, -0.25) is 4.79 Å². The number of amides is 1. The molecule has 0 bridgehead atoms. The van der Waals surface area contributed by atoms with Gasteiger partial charge in [-0.1, -0.05) is 56.6 Å². The fourth-order valence-electron chi connectivity index (χ4n) is 3.81. The number of nitrogens with zero attached hydrogens (tertiary/aromatic N) is 2. The molecule has 0 atom stereocenters. The standard InChI is InChI=1S/C26H28ClN3OS/c1-17-16-32-23(29-17)10-12-30(15-18-5-7-20(8-6-18)26(2,3)4)25(31)22-14-21(27)13-19-9-11-28-24(19)22/h5-9,11,13-14,16,28H,10,12,15H2,1-4H3. The van der Waals surface area contributed by atoms with Crippen LogP contribution in [0, 0.1) is 6.92 Å². The second kappa shape index (κ2) is 9.08. The minimum atomic E-state index is -0.0341. The van der Waals surface area contributed by atoms with E-state index in [0.717, 1.165) is 33.6 Å². The molecule has 0 spiro atoms. The van der Waals surface area contributed by atoms with E-state index in [1.807, 2.05) is 35.5 Å². The van der Waals surface area contributed by atoms with Gasteiger partial charge in [-0.05, 0) is 41.7 Å². The summed E-state index contributed by atoms with van der Waals surface area (Å²) >= 11 is 7.97. The molecule has 1 amide bonds. The maximum Gasteiger partial charge on any atom is 0.256 e. The first-order valence-electron chi connectivity index (χ1n) is 10.8. The molecule has 1 N–H and O–H groups in total. The zero-order valence-electron chi connectivity index (χ0n) is 18.9. The zero-order valence-corrected chi connectivity index (χ0v) is 20.5. The minimum absolute atomic E-state index is 0.0341. The summed E-state index contributed by atoms with van der Waals surface area (Å²) in [4.78, 5) is 23.4. The number of hydrogen-bond acceptors (Lipinski definition) is 3. The van der Waals surface area contributed by atoms with Gasteiger partial charge in [-0.15, -0.1) is 11.3 Å². The molecule has 4 nitrogen and oxygen atoms in total. The lowest BCUT2D eigenvalue weighted by atomic mass is 9.87. The van der Waals surface area contributed by atoms with Gasteiger partial charge in [-0.25, -0.2) is 4.98 Å². The number of aromatic nitrogens is 2. The first kappa shape index (κ1) is 22.6. The van der Waals surface area contributed by atoms with Crippen molar-refractivity contribution in [3.8, 4) is 0 Å². The molecule has 4 rings (SSSR count). The number of halogens is 1. The molecule has 0 aliphatic heterocycles. The number of H-pyrrole nitrogens is 1. The van der Waals surface area contributed by atoms with Crippen molar-refractivity contribution in [2.24, 2.45) is 0 Å². The first-order chi connectivity index (χ1) is 15.2. The van der Waals surface area contributed by atoms with E-state index < -0.39 is 0 Å². The number of fused-ring (bicyclic) bond motifs is 1. The fourth-order valence-corrected chi connectivity index (χ4v) is 4.80. The maximum atomic E-state index is 13.7. The molecule has 2 aromatic carbocycles. The van der Waals surface area contributed by atoms with Crippen LogP contribution in [0.5, 0.6) is 0 Å². The Morgan fingerprint density at radius 1 is 1.16 bits per heavy atom. The molecule has 166 valence electrons. The van der Waals surface area contributed by atoms with Crippen LogP contribution in [0.25, 0.3) is 10.9 Å². The Balaban J connectivity index is 1.63. The van der Waals surface area contributed by atoms with E-state index in [0.29, 0.717) is 23.7 Å². The lowest BCUT2D eigenvalue weighted by molar-refractivity contribution is 0.0747. The summed E-state index contributed by atoms with van der Waals surface area (Å²) in [7, 11) is 0. The van der Waals surface area contributed by atoms with Crippen LogP contribution in [0.2, 0.25) is 5.02 Å². The predicted octanol–water partition coefficient (Wildman–Crippen LogP) is 6.77. The normalized spacial score (nSPS) is 11.8. The molecule has 0 saturated heterocycles. The van der Waals surface area contributed by atoms with Crippen molar-refractivity contribution < 1.29 is 4.79 Å². The molecule has 0 radical (unpaired) electrons. The highest BCUT2D eigenvalue weighted by atomic mass is 35.5. The largest absolute Gasteiger partial charge is 0.361 e. The van der Waals surface area contributed by atoms with Gasteiger partial charge in [0.05, 0.1) is 16.1 Å². The van der Waals surface area contributed by atoms with E-state index in [1.54, 1.807) is 17.4 Å². The van der Waals surface area contributed by atoms with Gasteiger partial charge < -0.3 is 9.88 Å². The van der Waals surface area contributed by atoms with Crippen LogP contribution in [0.3, 0.4) is 0 Å². The van der Waals surface area contributed by atoms with Crippen molar-refractivity contribution in [2.75, 3.05) is 6.54 Å². The van der Waals surface area contributed by atoms with Crippen LogP contribution >= 0.6 is 22.9 Å². The third-order valence-corrected chi connectivity index (χ3v) is 6.84. The topological polar surface area (TPSA) is 49.0 Å². The highest BCUT2D eigenvalue weighted by Gasteiger charge is 2.21. The van der Waals surface area contributed by atoms with Crippen LogP contribution in [-0.2, 0) is 18.4 Å². The quantitative estimate of drug-likeness (QED) is 0.341. The number of thiazole rings is 1. The number of aryl methyl sites for hydroxylation is 1. The molecule has 0 unspecified atom stereocenters. The highest BCUT2D eigenvalue weighted by Crippen LogP contribution is 2.26. The number of carbonyl (C=O) groups excluding carboxylic acids is 1. The van der Waals surface area contributed by atoms with Crippen LogP contribution in [-0.4, -0.2) is 27.3 Å². The summed E-state index contributed by atoms with van der Waals surface area (Å²) in [6.45, 7) is 9.72. The summed E-state index contributed by atoms with van der Waals surface area (Å²) in [5, 5.41) is 4.59. The highest BCUT2D eigenvalue weighted by molar-refractivity contribution is 7.09. The number of benzene rings is 2. The summed E-state index contributed by atoms with van der Waals surface area (Å²) in [6, 6.07) is 14.1. The number of rotatable bonds is 6. The fraction of sp³-hybridized carbons (Fsp3) is 0.308. The summed E-state index contributed by atoms with van der Waals surface area (Å²) in [5.41, 5.74) is 4.91. The van der Waals surface area contributed by atoms with Crippen molar-refractivity contribution in [1.82, 2.24) is 14.9 Å². The Morgan fingerprint density at radius 2 is 1.91 bits per heavy atom. The molecule has 4 aromatic rings. The lowest BCUT2D eigenvalue weighted by Crippen LogP contribution is -2.32. The Hall–Kier alpha value is -2.63. The summed E-state index contributed by atoms with van der Waals surface area (Å²) in [5.74, 6) is -0.0341. The summed E-state index contributed by atoms with van der Waals surface area (Å²) < 4.78 is 0. The van der Waals surface area contributed by atoms with Gasteiger partial charge >= 0.3 is 0 Å². The van der Waals surface area contributed by atoms with Crippen molar-refractivity contribution in [2.45, 2.75) is 46.1 Å². The van der Waals surface area contributed by atoms with Gasteiger partial charge in [0, 0.05) is 47.2 Å². The van der Waals surface area contributed by atoms with Gasteiger partial charge in [0.15, 0.2) is 0 Å². The molecule has 32 heavy (non-hydrogen) atoms. The molecule has 6 heteroatoms. The minimum Gasteiger partial charge on any atom is -0.361 e. The van der Waals surface area contributed by atoms with E-state index in [9.17, 15) is 4.79 Å². The monoisotopic (exact) mass is 465 g/mol. The van der Waals surface area contributed by atoms with E-state index in [4.69, 9.17) is 11.6 Å². The van der Waals surface area contributed by atoms with Crippen LogP contribution in [0.4, 0.5) is 0 Å². The molecule has 2 heterocycles. The Kier molecular flexibility index (Phi) is 6.40. The van der Waals surface area contributed by atoms with E-state index in [1.165, 1.54) is 5.56 Å². The van der Waals surface area contributed by atoms with Crippen LogP contribution in [0.15, 0.2) is 54.0 Å².